The first-order valence-electron chi connectivity index (χ1n) is 12.1. The Morgan fingerprint density at radius 2 is 1.65 bits per heavy atom. The molecule has 3 aromatic carbocycles. The molecule has 0 aliphatic heterocycles. The van der Waals surface area contributed by atoms with Crippen molar-refractivity contribution in [2.45, 2.75) is 25.1 Å². The van der Waals surface area contributed by atoms with Crippen LogP contribution in [-0.2, 0) is 30.8 Å². The summed E-state index contributed by atoms with van der Waals surface area (Å²) >= 11 is 11.7. The van der Waals surface area contributed by atoms with Gasteiger partial charge in [-0.25, -0.2) is 4.79 Å². The lowest BCUT2D eigenvalue weighted by Crippen LogP contribution is -2.29. The van der Waals surface area contributed by atoms with E-state index >= 15 is 0 Å². The minimum atomic E-state index is -4.91. The van der Waals surface area contributed by atoms with Gasteiger partial charge in [0.2, 0.25) is 0 Å². The molecule has 0 saturated carbocycles. The molecule has 0 radical (unpaired) electrons. The first kappa shape index (κ1) is 32.1. The summed E-state index contributed by atoms with van der Waals surface area (Å²) in [5.74, 6) is -2.16. The van der Waals surface area contributed by atoms with Gasteiger partial charge < -0.3 is 19.7 Å². The zero-order valence-electron chi connectivity index (χ0n) is 21.8. The molecule has 0 spiro atoms. The normalized spacial score (nSPS) is 12.7. The Balaban J connectivity index is 2.01. The Bertz CT molecular complexity index is 1640. The van der Waals surface area contributed by atoms with Crippen molar-refractivity contribution < 1.29 is 50.8 Å². The number of nitrogens with zero attached hydrogens (tertiary/aromatic N) is 2. The molecule has 1 aromatic heterocycles. The molecule has 2 N–H and O–H groups in total. The zero-order valence-corrected chi connectivity index (χ0v) is 23.3. The van der Waals surface area contributed by atoms with Gasteiger partial charge in [0, 0.05) is 17.6 Å². The molecule has 4 rings (SSSR count). The molecule has 1 atom stereocenters. The van der Waals surface area contributed by atoms with Crippen LogP contribution in [0.4, 0.5) is 26.3 Å². The number of benzene rings is 3. The maximum Gasteiger partial charge on any atom is 0.435 e. The van der Waals surface area contributed by atoms with Crippen LogP contribution in [-0.4, -0.2) is 38.7 Å². The van der Waals surface area contributed by atoms with E-state index in [0.29, 0.717) is 22.7 Å². The summed E-state index contributed by atoms with van der Waals surface area (Å²) in [6.07, 6.45) is -11.9. The molecule has 1 heterocycles. The number of aliphatic hydroxyl groups excluding tert-OH is 2. The second kappa shape index (κ2) is 12.4. The summed E-state index contributed by atoms with van der Waals surface area (Å²) in [4.78, 5) is 12.7. The summed E-state index contributed by atoms with van der Waals surface area (Å²) in [7, 11) is 1.17. The highest BCUT2D eigenvalue weighted by molar-refractivity contribution is 6.31. The van der Waals surface area contributed by atoms with Crippen molar-refractivity contribution in [1.29, 1.82) is 0 Å². The number of hydrogen-bond donors (Lipinski definition) is 2. The lowest BCUT2D eigenvalue weighted by Gasteiger charge is -2.21. The second-order valence-electron chi connectivity index (χ2n) is 9.08. The highest BCUT2D eigenvalue weighted by Crippen LogP contribution is 2.48. The molecule has 0 fully saturated rings. The van der Waals surface area contributed by atoms with Crippen molar-refractivity contribution in [2.24, 2.45) is 7.05 Å². The number of aryl methyl sites for hydroxylation is 1. The molecular weight excluding hydrogens is 629 g/mol. The molecule has 0 amide bonds. The van der Waals surface area contributed by atoms with Crippen LogP contribution < -0.4 is 9.47 Å². The Kier molecular flexibility index (Phi) is 9.30. The maximum atomic E-state index is 13.8. The molecule has 0 aliphatic rings. The van der Waals surface area contributed by atoms with E-state index in [1.54, 1.807) is 24.3 Å². The van der Waals surface area contributed by atoms with Crippen molar-refractivity contribution in [2.75, 3.05) is 6.61 Å². The van der Waals surface area contributed by atoms with Crippen molar-refractivity contribution in [1.82, 2.24) is 9.78 Å². The van der Waals surface area contributed by atoms with Crippen LogP contribution in [0.5, 0.6) is 11.5 Å². The van der Waals surface area contributed by atoms with Crippen molar-refractivity contribution in [3.63, 3.8) is 0 Å². The van der Waals surface area contributed by atoms with E-state index in [-0.39, 0.29) is 34.7 Å². The lowest BCUT2D eigenvalue weighted by molar-refractivity contribution is -0.145. The summed E-state index contributed by atoms with van der Waals surface area (Å²) in [6, 6.07) is 12.3. The van der Waals surface area contributed by atoms with E-state index in [4.69, 9.17) is 32.7 Å². The standard InChI is InChI=1S/C28H20Cl2F6N2O5/c1-38-20(11-23(37-38)28(34,35)36)17-7-9-22(42-13-14-2-5-16(29)6-3-14)24(25(17)43-26(41)21(40)12-39)15-4-8-19(30)18(10-15)27(31,32)33/h2-11,21,39-40H,12-13H2,1H3. The van der Waals surface area contributed by atoms with Gasteiger partial charge >= 0.3 is 18.3 Å². The van der Waals surface area contributed by atoms with E-state index < -0.39 is 53.1 Å². The van der Waals surface area contributed by atoms with E-state index in [2.05, 4.69) is 5.10 Å². The van der Waals surface area contributed by atoms with Crippen LogP contribution in [0.25, 0.3) is 22.4 Å². The molecule has 15 heteroatoms. The smallest absolute Gasteiger partial charge is 0.435 e. The molecular formula is C28H20Cl2F6N2O5. The Morgan fingerprint density at radius 3 is 2.23 bits per heavy atom. The van der Waals surface area contributed by atoms with Gasteiger partial charge in [-0.3, -0.25) is 4.68 Å². The highest BCUT2D eigenvalue weighted by Gasteiger charge is 2.37. The van der Waals surface area contributed by atoms with Crippen LogP contribution in [0.1, 0.15) is 16.8 Å². The van der Waals surface area contributed by atoms with Crippen LogP contribution in [0, 0.1) is 0 Å². The summed E-state index contributed by atoms with van der Waals surface area (Å²) in [5, 5.41) is 22.4. The third-order valence-corrected chi connectivity index (χ3v) is 6.66. The minimum Gasteiger partial charge on any atom is -0.488 e. The molecule has 1 unspecified atom stereocenters. The van der Waals surface area contributed by atoms with Gasteiger partial charge in [-0.15, -0.1) is 0 Å². The Labute approximate surface area is 249 Å². The van der Waals surface area contributed by atoms with Crippen molar-refractivity contribution in [3.05, 3.63) is 87.5 Å². The average Bonchev–Trinajstić information content (AvgIpc) is 3.34. The number of esters is 1. The number of aliphatic hydroxyl groups is 2. The third-order valence-electron chi connectivity index (χ3n) is 6.08. The van der Waals surface area contributed by atoms with Crippen LogP contribution >= 0.6 is 23.2 Å². The van der Waals surface area contributed by atoms with E-state index in [0.717, 1.165) is 16.8 Å². The SMILES string of the molecule is Cn1nc(C(F)(F)F)cc1-c1ccc(OCc2ccc(Cl)cc2)c(-c2ccc(Cl)c(C(F)(F)F)c2)c1OC(=O)C(O)CO. The van der Waals surface area contributed by atoms with Gasteiger partial charge in [-0.2, -0.15) is 31.4 Å². The van der Waals surface area contributed by atoms with Gasteiger partial charge in [0.05, 0.1) is 28.5 Å². The van der Waals surface area contributed by atoms with Crippen LogP contribution in [0.2, 0.25) is 10.0 Å². The Hall–Kier alpha value is -3.78. The van der Waals surface area contributed by atoms with E-state index in [9.17, 15) is 41.4 Å². The number of rotatable bonds is 8. The molecule has 0 bridgehead atoms. The summed E-state index contributed by atoms with van der Waals surface area (Å²) < 4.78 is 94.0. The fourth-order valence-corrected chi connectivity index (χ4v) is 4.36. The third kappa shape index (κ3) is 7.24. The van der Waals surface area contributed by atoms with E-state index in [1.807, 2.05) is 0 Å². The van der Waals surface area contributed by atoms with Gasteiger partial charge in [-0.05, 0) is 53.6 Å². The molecule has 228 valence electrons. The molecule has 43 heavy (non-hydrogen) atoms. The summed E-state index contributed by atoms with van der Waals surface area (Å²) in [5.41, 5.74) is -2.97. The maximum absolute atomic E-state index is 13.8. The van der Waals surface area contributed by atoms with Crippen LogP contribution in [0.15, 0.2) is 60.7 Å². The predicted molar refractivity (Wildman–Crippen MR) is 144 cm³/mol. The predicted octanol–water partition coefficient (Wildman–Crippen LogP) is 6.94. The molecule has 4 aromatic rings. The van der Waals surface area contributed by atoms with Crippen molar-refractivity contribution in [3.8, 4) is 33.9 Å². The minimum absolute atomic E-state index is 0.145. The topological polar surface area (TPSA) is 93.8 Å². The Morgan fingerprint density at radius 1 is 0.977 bits per heavy atom. The van der Waals surface area contributed by atoms with Gasteiger partial charge in [0.15, 0.2) is 17.5 Å². The largest absolute Gasteiger partial charge is 0.488 e. The number of aromatic nitrogens is 2. The highest BCUT2D eigenvalue weighted by atomic mass is 35.5. The number of carbonyl (C=O) groups excluding carboxylic acids is 1. The lowest BCUT2D eigenvalue weighted by atomic mass is 9.96. The second-order valence-corrected chi connectivity index (χ2v) is 9.92. The van der Waals surface area contributed by atoms with Gasteiger partial charge in [0.25, 0.3) is 0 Å². The van der Waals surface area contributed by atoms with Gasteiger partial charge in [-0.1, -0.05) is 41.4 Å². The molecule has 7 nitrogen and oxygen atoms in total. The number of alkyl halides is 6. The number of ether oxygens (including phenoxy) is 2. The van der Waals surface area contributed by atoms with E-state index in [1.165, 1.54) is 19.2 Å². The first-order valence-corrected chi connectivity index (χ1v) is 12.9. The fraction of sp³-hybridized carbons (Fsp3) is 0.214. The molecule has 0 saturated heterocycles. The zero-order chi connectivity index (χ0) is 31.7. The number of halogens is 8. The monoisotopic (exact) mass is 648 g/mol. The summed E-state index contributed by atoms with van der Waals surface area (Å²) in [6.45, 7) is -1.24. The molecule has 0 aliphatic carbocycles. The first-order chi connectivity index (χ1) is 20.1. The van der Waals surface area contributed by atoms with Crippen LogP contribution in [0.3, 0.4) is 0 Å². The number of carbonyl (C=O) groups is 1. The quantitative estimate of drug-likeness (QED) is 0.122. The fourth-order valence-electron chi connectivity index (χ4n) is 4.01. The average molecular weight is 649 g/mol. The van der Waals surface area contributed by atoms with Crippen molar-refractivity contribution >= 4 is 29.2 Å². The van der Waals surface area contributed by atoms with Gasteiger partial charge in [0.1, 0.15) is 12.4 Å². The number of hydrogen-bond acceptors (Lipinski definition) is 6.